The maximum Gasteiger partial charge on any atom is 0.298 e. The van der Waals surface area contributed by atoms with Crippen LogP contribution in [-0.4, -0.2) is 33.8 Å². The minimum absolute atomic E-state index is 0.154. The van der Waals surface area contributed by atoms with Crippen molar-refractivity contribution in [3.05, 3.63) is 42.0 Å². The van der Waals surface area contributed by atoms with E-state index in [1.54, 1.807) is 6.92 Å². The number of aryl methyl sites for hydroxylation is 1. The van der Waals surface area contributed by atoms with Gasteiger partial charge in [-0.25, -0.2) is 13.7 Å². The summed E-state index contributed by atoms with van der Waals surface area (Å²) in [5, 5.41) is 11.7. The van der Waals surface area contributed by atoms with Crippen LogP contribution in [0.1, 0.15) is 5.56 Å². The van der Waals surface area contributed by atoms with Crippen LogP contribution in [0.25, 0.3) is 0 Å². The Kier molecular flexibility index (Phi) is 6.29. The van der Waals surface area contributed by atoms with E-state index in [0.29, 0.717) is 22.5 Å². The Morgan fingerprint density at radius 2 is 1.62 bits per heavy atom. The van der Waals surface area contributed by atoms with Crippen molar-refractivity contribution in [2.24, 2.45) is 0 Å². The zero-order valence-corrected chi connectivity index (χ0v) is 15.9. The van der Waals surface area contributed by atoms with Gasteiger partial charge < -0.3 is 4.74 Å². The number of rotatable bonds is 7. The van der Waals surface area contributed by atoms with Crippen LogP contribution in [0.15, 0.2) is 56.0 Å². The van der Waals surface area contributed by atoms with Gasteiger partial charge >= 0.3 is 0 Å². The SMILES string of the molecule is COc1ccc(S(=O)(=O)c2ccc(C)c(SOOO)c2)cc1S(=O)(=O)O. The minimum Gasteiger partial charge on any atom is -0.495 e. The molecular weight excluding hydrogens is 408 g/mol. The van der Waals surface area contributed by atoms with Crippen molar-refractivity contribution >= 4 is 32.0 Å². The summed E-state index contributed by atoms with van der Waals surface area (Å²) in [6.07, 6.45) is 0. The monoisotopic (exact) mass is 422 g/mol. The third-order valence-electron chi connectivity index (χ3n) is 3.35. The van der Waals surface area contributed by atoms with Gasteiger partial charge in [-0.05, 0) is 42.8 Å². The largest absolute Gasteiger partial charge is 0.495 e. The maximum absolute atomic E-state index is 12.8. The topological polar surface area (TPSA) is 136 Å². The van der Waals surface area contributed by atoms with Crippen molar-refractivity contribution in [3.8, 4) is 5.75 Å². The summed E-state index contributed by atoms with van der Waals surface area (Å²) >= 11 is 0.593. The molecule has 0 bridgehead atoms. The number of methoxy groups -OCH3 is 1. The van der Waals surface area contributed by atoms with Crippen LogP contribution in [0.4, 0.5) is 0 Å². The second kappa shape index (κ2) is 7.92. The molecule has 0 spiro atoms. The van der Waals surface area contributed by atoms with E-state index in [9.17, 15) is 21.4 Å². The molecule has 0 fully saturated rings. The molecule has 0 amide bonds. The molecule has 2 rings (SSSR count). The van der Waals surface area contributed by atoms with E-state index in [1.165, 1.54) is 25.3 Å². The van der Waals surface area contributed by atoms with Crippen molar-refractivity contribution in [1.29, 1.82) is 0 Å². The highest BCUT2D eigenvalue weighted by Gasteiger charge is 2.24. The van der Waals surface area contributed by atoms with Crippen LogP contribution in [-0.2, 0) is 29.3 Å². The molecule has 0 aromatic heterocycles. The van der Waals surface area contributed by atoms with Gasteiger partial charge in [-0.15, -0.1) is 4.33 Å². The fourth-order valence-electron chi connectivity index (χ4n) is 2.05. The molecule has 2 aromatic rings. The Morgan fingerprint density at radius 3 is 2.19 bits per heavy atom. The second-order valence-electron chi connectivity index (χ2n) is 4.94. The molecule has 2 N–H and O–H groups in total. The summed E-state index contributed by atoms with van der Waals surface area (Å²) < 4.78 is 67.0. The molecule has 142 valence electrons. The Balaban J connectivity index is 2.58. The summed E-state index contributed by atoms with van der Waals surface area (Å²) in [5.74, 6) is -0.194. The van der Waals surface area contributed by atoms with Gasteiger partial charge in [0.25, 0.3) is 10.1 Å². The highest BCUT2D eigenvalue weighted by Crippen LogP contribution is 2.32. The molecule has 0 atom stereocenters. The Bertz CT molecular complexity index is 1010. The average Bonchev–Trinajstić information content (AvgIpc) is 2.59. The van der Waals surface area contributed by atoms with E-state index < -0.39 is 24.9 Å². The van der Waals surface area contributed by atoms with Crippen molar-refractivity contribution in [3.63, 3.8) is 0 Å². The molecule has 0 unspecified atom stereocenters. The molecule has 0 heterocycles. The van der Waals surface area contributed by atoms with Crippen molar-refractivity contribution < 1.29 is 40.8 Å². The van der Waals surface area contributed by atoms with Gasteiger partial charge in [0.2, 0.25) is 9.84 Å². The van der Waals surface area contributed by atoms with E-state index in [1.807, 2.05) is 0 Å². The minimum atomic E-state index is -4.70. The van der Waals surface area contributed by atoms with Crippen molar-refractivity contribution in [2.75, 3.05) is 7.11 Å². The molecule has 0 aliphatic carbocycles. The molecule has 26 heavy (non-hydrogen) atoms. The third kappa shape index (κ3) is 4.35. The van der Waals surface area contributed by atoms with E-state index in [2.05, 4.69) is 9.37 Å². The molecule has 12 heteroatoms. The smallest absolute Gasteiger partial charge is 0.298 e. The molecule has 0 radical (unpaired) electrons. The molecule has 2 aromatic carbocycles. The number of hydrogen-bond acceptors (Lipinski definition) is 9. The summed E-state index contributed by atoms with van der Waals surface area (Å²) in [7, 11) is -7.62. The van der Waals surface area contributed by atoms with Crippen LogP contribution in [0.3, 0.4) is 0 Å². The number of ether oxygens (including phenoxy) is 1. The predicted octanol–water partition coefficient (Wildman–Crippen LogP) is 2.51. The quantitative estimate of drug-likeness (QED) is 0.296. The molecule has 9 nitrogen and oxygen atoms in total. The lowest BCUT2D eigenvalue weighted by molar-refractivity contribution is -0.432. The molecule has 0 saturated heterocycles. The van der Waals surface area contributed by atoms with Crippen LogP contribution in [0, 0.1) is 6.92 Å². The van der Waals surface area contributed by atoms with E-state index in [4.69, 9.17) is 9.99 Å². The first-order valence-electron chi connectivity index (χ1n) is 6.77. The fraction of sp³-hybridized carbons (Fsp3) is 0.143. The lowest BCUT2D eigenvalue weighted by atomic mass is 10.2. The zero-order chi connectivity index (χ0) is 19.5. The third-order valence-corrected chi connectivity index (χ3v) is 6.72. The summed E-state index contributed by atoms with van der Waals surface area (Å²) in [5.41, 5.74) is 0.652. The zero-order valence-electron chi connectivity index (χ0n) is 13.4. The summed E-state index contributed by atoms with van der Waals surface area (Å²) in [6, 6.07) is 7.19. The normalized spacial score (nSPS) is 12.2. The second-order valence-corrected chi connectivity index (χ2v) is 9.03. The van der Waals surface area contributed by atoms with Crippen LogP contribution >= 0.6 is 12.0 Å². The number of benzene rings is 2. The Morgan fingerprint density at radius 1 is 1.00 bits per heavy atom. The van der Waals surface area contributed by atoms with Gasteiger partial charge in [-0.3, -0.25) is 4.55 Å². The Hall–Kier alpha value is -1.67. The molecule has 0 saturated carbocycles. The first kappa shape index (κ1) is 20.6. The molecule has 0 aliphatic rings. The van der Waals surface area contributed by atoms with Gasteiger partial charge in [0.15, 0.2) is 0 Å². The summed E-state index contributed by atoms with van der Waals surface area (Å²) in [4.78, 5) is -0.827. The van der Waals surface area contributed by atoms with Crippen molar-refractivity contribution in [1.82, 2.24) is 0 Å². The van der Waals surface area contributed by atoms with Crippen molar-refractivity contribution in [2.45, 2.75) is 26.5 Å². The first-order valence-corrected chi connectivity index (χ1v) is 10.4. The average molecular weight is 422 g/mol. The standard InChI is InChI=1S/C14H14O9S3/c1-9-3-4-10(7-13(9)24-23-22-15)25(16,17)11-5-6-12(21-2)14(8-11)26(18,19)20/h3-8,15H,1-2H3,(H,18,19,20). The van der Waals surface area contributed by atoms with Gasteiger partial charge in [0.05, 0.1) is 28.9 Å². The van der Waals surface area contributed by atoms with Gasteiger partial charge in [-0.2, -0.15) is 8.42 Å². The maximum atomic E-state index is 12.8. The fourth-order valence-corrected chi connectivity index (χ4v) is 4.67. The van der Waals surface area contributed by atoms with Gasteiger partial charge in [-0.1, -0.05) is 11.1 Å². The highest BCUT2D eigenvalue weighted by atomic mass is 32.2. The predicted molar refractivity (Wildman–Crippen MR) is 90.1 cm³/mol. The highest BCUT2D eigenvalue weighted by molar-refractivity contribution is 7.94. The van der Waals surface area contributed by atoms with Crippen LogP contribution in [0.5, 0.6) is 5.75 Å². The number of hydrogen-bond donors (Lipinski definition) is 2. The van der Waals surface area contributed by atoms with Crippen LogP contribution < -0.4 is 4.74 Å². The molecule has 0 aliphatic heterocycles. The van der Waals surface area contributed by atoms with E-state index in [0.717, 1.165) is 18.2 Å². The summed E-state index contributed by atoms with van der Waals surface area (Å²) in [6.45, 7) is 1.68. The van der Waals surface area contributed by atoms with Crippen LogP contribution in [0.2, 0.25) is 0 Å². The lowest BCUT2D eigenvalue weighted by Crippen LogP contribution is -2.07. The van der Waals surface area contributed by atoms with Gasteiger partial charge in [0.1, 0.15) is 10.6 Å². The number of sulfone groups is 1. The van der Waals surface area contributed by atoms with E-state index in [-0.39, 0.29) is 15.5 Å². The van der Waals surface area contributed by atoms with E-state index >= 15 is 0 Å². The Labute approximate surface area is 154 Å². The van der Waals surface area contributed by atoms with Gasteiger partial charge in [0, 0.05) is 4.90 Å². The molecular formula is C14H14O9S3. The first-order chi connectivity index (χ1) is 12.1. The lowest BCUT2D eigenvalue weighted by Gasteiger charge is -2.11.